The molecular weight excluding hydrogens is 286 g/mol. The maximum atomic E-state index is 12.6. The molecule has 5 heteroatoms. The van der Waals surface area contributed by atoms with Gasteiger partial charge >= 0.3 is 5.97 Å². The lowest BCUT2D eigenvalue weighted by atomic mass is 9.64. The van der Waals surface area contributed by atoms with Crippen LogP contribution in [-0.2, 0) is 9.59 Å². The quantitative estimate of drug-likeness (QED) is 0.499. The van der Waals surface area contributed by atoms with Crippen molar-refractivity contribution in [2.75, 3.05) is 5.75 Å². The third-order valence-electron chi connectivity index (χ3n) is 4.27. The summed E-state index contributed by atoms with van der Waals surface area (Å²) in [6.07, 6.45) is 5.52. The van der Waals surface area contributed by atoms with E-state index in [-0.39, 0.29) is 34.8 Å². The van der Waals surface area contributed by atoms with Gasteiger partial charge in [0.1, 0.15) is 11.8 Å². The Bertz CT molecular complexity index is 420. The second-order valence-corrected chi connectivity index (χ2v) is 7.13. The molecule has 2 N–H and O–H groups in total. The molecule has 0 bridgehead atoms. The smallest absolute Gasteiger partial charge is 0.321 e. The minimum Gasteiger partial charge on any atom is -0.480 e. The Morgan fingerprint density at radius 1 is 1.48 bits per heavy atom. The van der Waals surface area contributed by atoms with E-state index in [1.165, 1.54) is 0 Å². The molecule has 0 aliphatic heterocycles. The van der Waals surface area contributed by atoms with E-state index < -0.39 is 12.0 Å². The van der Waals surface area contributed by atoms with Crippen molar-refractivity contribution < 1.29 is 14.7 Å². The van der Waals surface area contributed by atoms with E-state index in [1.54, 1.807) is 0 Å². The predicted octanol–water partition coefficient (Wildman–Crippen LogP) is 2.55. The Balaban J connectivity index is 2.67. The van der Waals surface area contributed by atoms with Crippen LogP contribution in [0.5, 0.6) is 0 Å². The molecule has 4 nitrogen and oxygen atoms in total. The molecule has 4 atom stereocenters. The molecule has 1 aliphatic carbocycles. The second-order valence-electron chi connectivity index (χ2n) is 6.77. The molecule has 4 unspecified atom stereocenters. The molecule has 0 fully saturated rings. The highest BCUT2D eigenvalue weighted by Gasteiger charge is 2.39. The molecule has 21 heavy (non-hydrogen) atoms. The van der Waals surface area contributed by atoms with Gasteiger partial charge in [-0.2, -0.15) is 12.6 Å². The minimum atomic E-state index is -0.932. The Kier molecular flexibility index (Phi) is 6.47. The first-order valence-corrected chi connectivity index (χ1v) is 8.11. The van der Waals surface area contributed by atoms with E-state index in [4.69, 9.17) is 5.11 Å². The Morgan fingerprint density at radius 2 is 2.10 bits per heavy atom. The number of hydrogen-bond donors (Lipinski definition) is 3. The zero-order valence-corrected chi connectivity index (χ0v) is 14.2. The highest BCUT2D eigenvalue weighted by Crippen LogP contribution is 2.41. The van der Waals surface area contributed by atoms with Gasteiger partial charge in [0.05, 0.1) is 0 Å². The molecule has 0 saturated heterocycles. The summed E-state index contributed by atoms with van der Waals surface area (Å²) >= 11 is 4.03. The zero-order chi connectivity index (χ0) is 16.2. The molecule has 120 valence electrons. The standard InChI is InChI=1S/C16H27NO3S/c1-10-6-5-7-16(3,4)14(10)13(18)8-11(2)17-12(9-21)15(19)20/h5-6,10-12,14,17,21H,7-9H2,1-4H3,(H,19,20). The summed E-state index contributed by atoms with van der Waals surface area (Å²) < 4.78 is 0. The van der Waals surface area contributed by atoms with Gasteiger partial charge in [-0.15, -0.1) is 0 Å². The number of carboxylic acids is 1. The van der Waals surface area contributed by atoms with E-state index in [0.717, 1.165) is 6.42 Å². The number of carboxylic acid groups (broad SMARTS) is 1. The summed E-state index contributed by atoms with van der Waals surface area (Å²) in [5.41, 5.74) is -0.0410. The molecule has 0 amide bonds. The van der Waals surface area contributed by atoms with Gasteiger partial charge in [0, 0.05) is 24.1 Å². The number of carbonyl (C=O) groups excluding carboxylic acids is 1. The van der Waals surface area contributed by atoms with Crippen LogP contribution in [0.4, 0.5) is 0 Å². The molecule has 0 saturated carbocycles. The lowest BCUT2D eigenvalue weighted by Gasteiger charge is -2.39. The van der Waals surface area contributed by atoms with Gasteiger partial charge in [-0.25, -0.2) is 0 Å². The second kappa shape index (κ2) is 7.45. The molecular formula is C16H27NO3S. The number of nitrogens with one attached hydrogen (secondary N) is 1. The van der Waals surface area contributed by atoms with Gasteiger partial charge in [-0.05, 0) is 24.7 Å². The Labute approximate surface area is 132 Å². The van der Waals surface area contributed by atoms with Gasteiger partial charge in [0.2, 0.25) is 0 Å². The van der Waals surface area contributed by atoms with Crippen LogP contribution < -0.4 is 5.32 Å². The van der Waals surface area contributed by atoms with Crippen LogP contribution in [0.15, 0.2) is 12.2 Å². The fourth-order valence-corrected chi connectivity index (χ4v) is 3.56. The Hall–Kier alpha value is -0.810. The van der Waals surface area contributed by atoms with Gasteiger partial charge in [-0.1, -0.05) is 32.9 Å². The predicted molar refractivity (Wildman–Crippen MR) is 87.7 cm³/mol. The van der Waals surface area contributed by atoms with Crippen LogP contribution in [0.25, 0.3) is 0 Å². The fraction of sp³-hybridized carbons (Fsp3) is 0.750. The van der Waals surface area contributed by atoms with Crippen molar-refractivity contribution in [3.05, 3.63) is 12.2 Å². The van der Waals surface area contributed by atoms with Crippen LogP contribution in [0.2, 0.25) is 0 Å². The third kappa shape index (κ3) is 4.85. The van der Waals surface area contributed by atoms with E-state index in [0.29, 0.717) is 6.42 Å². The molecule has 0 aromatic heterocycles. The molecule has 1 rings (SSSR count). The first kappa shape index (κ1) is 18.2. The van der Waals surface area contributed by atoms with Crippen LogP contribution in [0.1, 0.15) is 40.5 Å². The molecule has 0 heterocycles. The molecule has 0 spiro atoms. The summed E-state index contributed by atoms with van der Waals surface area (Å²) in [5.74, 6) is -0.291. The SMILES string of the molecule is CC(CC(=O)C1C(C)C=CCC1(C)C)NC(CS)C(=O)O. The number of ketones is 1. The van der Waals surface area contributed by atoms with Crippen LogP contribution >= 0.6 is 12.6 Å². The van der Waals surface area contributed by atoms with Gasteiger partial charge < -0.3 is 10.4 Å². The molecule has 1 aliphatic rings. The normalized spacial score (nSPS) is 27.1. The van der Waals surface area contributed by atoms with Crippen molar-refractivity contribution in [1.82, 2.24) is 5.32 Å². The highest BCUT2D eigenvalue weighted by molar-refractivity contribution is 7.80. The van der Waals surface area contributed by atoms with Crippen molar-refractivity contribution in [1.29, 1.82) is 0 Å². The fourth-order valence-electron chi connectivity index (χ4n) is 3.30. The summed E-state index contributed by atoms with van der Waals surface area (Å²) in [7, 11) is 0. The maximum Gasteiger partial charge on any atom is 0.321 e. The van der Waals surface area contributed by atoms with E-state index >= 15 is 0 Å². The topological polar surface area (TPSA) is 66.4 Å². The minimum absolute atomic E-state index is 0.00831. The maximum absolute atomic E-state index is 12.6. The van der Waals surface area contributed by atoms with E-state index in [1.807, 2.05) is 6.92 Å². The van der Waals surface area contributed by atoms with Crippen LogP contribution in [0.3, 0.4) is 0 Å². The number of carbonyl (C=O) groups is 2. The zero-order valence-electron chi connectivity index (χ0n) is 13.3. The van der Waals surface area contributed by atoms with Crippen molar-refractivity contribution in [2.24, 2.45) is 17.3 Å². The number of aliphatic carboxylic acids is 1. The number of thiol groups is 1. The lowest BCUT2D eigenvalue weighted by Crippen LogP contribution is -2.46. The van der Waals surface area contributed by atoms with Crippen LogP contribution in [0, 0.1) is 17.3 Å². The van der Waals surface area contributed by atoms with Crippen molar-refractivity contribution in [3.8, 4) is 0 Å². The summed E-state index contributed by atoms with van der Waals surface area (Å²) in [6.45, 7) is 8.18. The lowest BCUT2D eigenvalue weighted by molar-refractivity contribution is -0.139. The highest BCUT2D eigenvalue weighted by atomic mass is 32.1. The first-order chi connectivity index (χ1) is 9.69. The molecule has 0 radical (unpaired) electrons. The summed E-state index contributed by atoms with van der Waals surface area (Å²) in [5, 5.41) is 12.0. The third-order valence-corrected chi connectivity index (χ3v) is 4.64. The number of hydrogen-bond acceptors (Lipinski definition) is 4. The van der Waals surface area contributed by atoms with E-state index in [9.17, 15) is 9.59 Å². The van der Waals surface area contributed by atoms with Crippen molar-refractivity contribution in [2.45, 2.75) is 52.6 Å². The number of Topliss-reactive ketones (excluding diaryl/α,β-unsaturated/α-hetero) is 1. The Morgan fingerprint density at radius 3 is 2.57 bits per heavy atom. The van der Waals surface area contributed by atoms with E-state index in [2.05, 4.69) is 50.9 Å². The monoisotopic (exact) mass is 313 g/mol. The first-order valence-electron chi connectivity index (χ1n) is 7.48. The van der Waals surface area contributed by atoms with Gasteiger partial charge in [0.25, 0.3) is 0 Å². The largest absolute Gasteiger partial charge is 0.480 e. The van der Waals surface area contributed by atoms with Crippen molar-refractivity contribution in [3.63, 3.8) is 0 Å². The van der Waals surface area contributed by atoms with Crippen molar-refractivity contribution >= 4 is 24.4 Å². The molecule has 0 aromatic rings. The average Bonchev–Trinajstić information content (AvgIpc) is 2.33. The number of rotatable bonds is 7. The van der Waals surface area contributed by atoms with Crippen LogP contribution in [-0.4, -0.2) is 34.7 Å². The molecule has 0 aromatic carbocycles. The number of allylic oxidation sites excluding steroid dienone is 2. The average molecular weight is 313 g/mol. The summed E-state index contributed by atoms with van der Waals surface area (Å²) in [4.78, 5) is 23.6. The summed E-state index contributed by atoms with van der Waals surface area (Å²) in [6, 6.07) is -0.882. The van der Waals surface area contributed by atoms with Gasteiger partial charge in [0.15, 0.2) is 0 Å². The van der Waals surface area contributed by atoms with Gasteiger partial charge in [-0.3, -0.25) is 9.59 Å².